The minimum atomic E-state index is 0.529. The SMILES string of the molecule is CCc1ccccc1-c1ccccc1-c1c(C=O)cccc1C=O. The van der Waals surface area contributed by atoms with E-state index in [2.05, 4.69) is 19.1 Å². The molecule has 24 heavy (non-hydrogen) atoms. The van der Waals surface area contributed by atoms with Gasteiger partial charge in [-0.1, -0.05) is 73.7 Å². The number of aryl methyl sites for hydroxylation is 1. The molecule has 0 amide bonds. The molecule has 0 bridgehead atoms. The van der Waals surface area contributed by atoms with E-state index in [0.29, 0.717) is 16.7 Å². The molecule has 3 aromatic rings. The van der Waals surface area contributed by atoms with E-state index in [9.17, 15) is 9.59 Å². The third-order valence-electron chi connectivity index (χ3n) is 4.27. The monoisotopic (exact) mass is 314 g/mol. The van der Waals surface area contributed by atoms with Crippen molar-refractivity contribution in [1.82, 2.24) is 0 Å². The highest BCUT2D eigenvalue weighted by atomic mass is 16.1. The van der Waals surface area contributed by atoms with Gasteiger partial charge in [-0.2, -0.15) is 0 Å². The van der Waals surface area contributed by atoms with Crippen LogP contribution in [0.15, 0.2) is 66.7 Å². The summed E-state index contributed by atoms with van der Waals surface area (Å²) in [6.07, 6.45) is 2.54. The lowest BCUT2D eigenvalue weighted by Crippen LogP contribution is -1.97. The third-order valence-corrected chi connectivity index (χ3v) is 4.27. The summed E-state index contributed by atoms with van der Waals surface area (Å²) in [5.41, 5.74) is 6.07. The first-order valence-corrected chi connectivity index (χ1v) is 8.01. The van der Waals surface area contributed by atoms with Gasteiger partial charge in [0.1, 0.15) is 0 Å². The van der Waals surface area contributed by atoms with E-state index in [0.717, 1.165) is 35.7 Å². The first-order chi connectivity index (χ1) is 11.8. The zero-order valence-electron chi connectivity index (χ0n) is 13.5. The minimum Gasteiger partial charge on any atom is -0.298 e. The molecule has 0 N–H and O–H groups in total. The van der Waals surface area contributed by atoms with E-state index < -0.39 is 0 Å². The normalized spacial score (nSPS) is 10.4. The summed E-state index contributed by atoms with van der Waals surface area (Å²) in [5, 5.41) is 0. The van der Waals surface area contributed by atoms with Crippen LogP contribution in [0.1, 0.15) is 33.2 Å². The molecular formula is C22H18O2. The summed E-state index contributed by atoms with van der Waals surface area (Å²) in [6, 6.07) is 21.4. The lowest BCUT2D eigenvalue weighted by atomic mass is 9.87. The Balaban J connectivity index is 2.33. The van der Waals surface area contributed by atoms with Gasteiger partial charge in [0.15, 0.2) is 12.6 Å². The van der Waals surface area contributed by atoms with E-state index in [4.69, 9.17) is 0 Å². The Labute approximate surface area is 141 Å². The van der Waals surface area contributed by atoms with Gasteiger partial charge in [-0.25, -0.2) is 0 Å². The molecule has 0 heterocycles. The standard InChI is InChI=1S/C22H18O2/c1-2-16-8-3-4-11-19(16)20-12-5-6-13-21(20)22-17(14-23)9-7-10-18(22)15-24/h3-15H,2H2,1H3. The zero-order chi connectivity index (χ0) is 16.9. The van der Waals surface area contributed by atoms with Crippen molar-refractivity contribution >= 4 is 12.6 Å². The summed E-state index contributed by atoms with van der Waals surface area (Å²) >= 11 is 0. The third kappa shape index (κ3) is 2.79. The molecule has 0 atom stereocenters. The van der Waals surface area contributed by atoms with Gasteiger partial charge < -0.3 is 0 Å². The predicted molar refractivity (Wildman–Crippen MR) is 97.5 cm³/mol. The van der Waals surface area contributed by atoms with Gasteiger partial charge in [-0.3, -0.25) is 9.59 Å². The van der Waals surface area contributed by atoms with Gasteiger partial charge in [0.05, 0.1) is 0 Å². The van der Waals surface area contributed by atoms with E-state index in [1.54, 1.807) is 18.2 Å². The lowest BCUT2D eigenvalue weighted by molar-refractivity contribution is 0.112. The number of carbonyl (C=O) groups is 2. The van der Waals surface area contributed by atoms with Gasteiger partial charge in [0.2, 0.25) is 0 Å². The summed E-state index contributed by atoms with van der Waals surface area (Å²) < 4.78 is 0. The number of carbonyl (C=O) groups excluding carboxylic acids is 2. The summed E-state index contributed by atoms with van der Waals surface area (Å²) in [4.78, 5) is 23.0. The highest BCUT2D eigenvalue weighted by Crippen LogP contribution is 2.36. The Kier molecular flexibility index (Phi) is 4.66. The fourth-order valence-electron chi connectivity index (χ4n) is 3.12. The van der Waals surface area contributed by atoms with E-state index in [-0.39, 0.29) is 0 Å². The van der Waals surface area contributed by atoms with Gasteiger partial charge in [-0.05, 0) is 28.7 Å². The quantitative estimate of drug-likeness (QED) is 0.606. The molecule has 0 spiro atoms. The van der Waals surface area contributed by atoms with Crippen LogP contribution in [0.2, 0.25) is 0 Å². The predicted octanol–water partition coefficient (Wildman–Crippen LogP) is 5.21. The van der Waals surface area contributed by atoms with Gasteiger partial charge in [0, 0.05) is 16.7 Å². The number of hydrogen-bond acceptors (Lipinski definition) is 2. The van der Waals surface area contributed by atoms with Crippen LogP contribution in [0, 0.1) is 0 Å². The summed E-state index contributed by atoms with van der Waals surface area (Å²) in [7, 11) is 0. The van der Waals surface area contributed by atoms with Crippen LogP contribution in [-0.4, -0.2) is 12.6 Å². The van der Waals surface area contributed by atoms with Crippen molar-refractivity contribution in [3.05, 3.63) is 83.4 Å². The van der Waals surface area contributed by atoms with Crippen molar-refractivity contribution in [2.45, 2.75) is 13.3 Å². The average Bonchev–Trinajstić information content (AvgIpc) is 2.67. The van der Waals surface area contributed by atoms with Gasteiger partial charge in [-0.15, -0.1) is 0 Å². The highest BCUT2D eigenvalue weighted by Gasteiger charge is 2.15. The first kappa shape index (κ1) is 15.9. The van der Waals surface area contributed by atoms with Gasteiger partial charge in [0.25, 0.3) is 0 Å². The van der Waals surface area contributed by atoms with Crippen LogP contribution in [0.4, 0.5) is 0 Å². The van der Waals surface area contributed by atoms with Crippen LogP contribution >= 0.6 is 0 Å². The van der Waals surface area contributed by atoms with Crippen LogP contribution in [0.5, 0.6) is 0 Å². The second kappa shape index (κ2) is 7.05. The minimum absolute atomic E-state index is 0.529. The maximum atomic E-state index is 11.5. The smallest absolute Gasteiger partial charge is 0.150 e. The molecule has 0 radical (unpaired) electrons. The molecule has 3 rings (SSSR count). The number of benzene rings is 3. The number of rotatable bonds is 5. The molecule has 0 saturated carbocycles. The molecule has 0 fully saturated rings. The molecule has 0 unspecified atom stereocenters. The van der Waals surface area contributed by atoms with Crippen LogP contribution in [0.25, 0.3) is 22.3 Å². The molecular weight excluding hydrogens is 296 g/mol. The maximum Gasteiger partial charge on any atom is 0.150 e. The van der Waals surface area contributed by atoms with Gasteiger partial charge >= 0.3 is 0 Å². The molecule has 2 heteroatoms. The molecule has 0 aliphatic carbocycles. The molecule has 0 aliphatic rings. The molecule has 118 valence electrons. The van der Waals surface area contributed by atoms with E-state index >= 15 is 0 Å². The van der Waals surface area contributed by atoms with Crippen LogP contribution in [0.3, 0.4) is 0 Å². The van der Waals surface area contributed by atoms with Crippen molar-refractivity contribution in [3.63, 3.8) is 0 Å². The number of hydrogen-bond donors (Lipinski definition) is 0. The van der Waals surface area contributed by atoms with Crippen molar-refractivity contribution in [2.24, 2.45) is 0 Å². The fourth-order valence-corrected chi connectivity index (χ4v) is 3.12. The molecule has 0 aliphatic heterocycles. The largest absolute Gasteiger partial charge is 0.298 e. The Morgan fingerprint density at radius 1 is 0.667 bits per heavy atom. The maximum absolute atomic E-state index is 11.5. The fraction of sp³-hybridized carbons (Fsp3) is 0.0909. The van der Waals surface area contributed by atoms with Crippen LogP contribution < -0.4 is 0 Å². The molecule has 3 aromatic carbocycles. The topological polar surface area (TPSA) is 34.1 Å². The van der Waals surface area contributed by atoms with E-state index in [1.165, 1.54) is 5.56 Å². The first-order valence-electron chi connectivity index (χ1n) is 8.01. The summed E-state index contributed by atoms with van der Waals surface area (Å²) in [6.45, 7) is 2.12. The highest BCUT2D eigenvalue weighted by molar-refractivity contribution is 6.00. The number of aldehydes is 2. The Morgan fingerprint density at radius 3 is 1.79 bits per heavy atom. The van der Waals surface area contributed by atoms with Crippen molar-refractivity contribution in [3.8, 4) is 22.3 Å². The Morgan fingerprint density at radius 2 is 1.21 bits per heavy atom. The second-order valence-electron chi connectivity index (χ2n) is 5.60. The van der Waals surface area contributed by atoms with Crippen molar-refractivity contribution in [1.29, 1.82) is 0 Å². The van der Waals surface area contributed by atoms with Crippen molar-refractivity contribution in [2.75, 3.05) is 0 Å². The lowest BCUT2D eigenvalue weighted by Gasteiger charge is -2.16. The molecule has 2 nitrogen and oxygen atoms in total. The zero-order valence-corrected chi connectivity index (χ0v) is 13.5. The van der Waals surface area contributed by atoms with Crippen molar-refractivity contribution < 1.29 is 9.59 Å². The molecule has 0 saturated heterocycles. The van der Waals surface area contributed by atoms with E-state index in [1.807, 2.05) is 36.4 Å². The second-order valence-corrected chi connectivity index (χ2v) is 5.60. The van der Waals surface area contributed by atoms with Crippen LogP contribution in [-0.2, 0) is 6.42 Å². The molecule has 0 aromatic heterocycles. The average molecular weight is 314 g/mol. The Bertz CT molecular complexity index is 868. The Hall–Kier alpha value is -3.00. The summed E-state index contributed by atoms with van der Waals surface area (Å²) in [5.74, 6) is 0.